The van der Waals surface area contributed by atoms with Gasteiger partial charge in [-0.15, -0.1) is 12.4 Å². The number of hydrogen-bond acceptors (Lipinski definition) is 4. The van der Waals surface area contributed by atoms with E-state index in [1.54, 1.807) is 0 Å². The average Bonchev–Trinajstić information content (AvgIpc) is 2.48. The molecule has 0 unspecified atom stereocenters. The highest BCUT2D eigenvalue weighted by molar-refractivity contribution is 8.26. The highest BCUT2D eigenvalue weighted by Crippen LogP contribution is 2.33. The predicted molar refractivity (Wildman–Crippen MR) is 63.2 cm³/mol. The van der Waals surface area contributed by atoms with Crippen molar-refractivity contribution in [3.63, 3.8) is 0 Å². The van der Waals surface area contributed by atoms with E-state index in [4.69, 9.17) is 16.0 Å². The Balaban J connectivity index is 0.00000169. The Hall–Kier alpha value is -0.420. The van der Waals surface area contributed by atoms with Gasteiger partial charge in [0.1, 0.15) is 10.6 Å². The summed E-state index contributed by atoms with van der Waals surface area (Å²) in [4.78, 5) is 5.37. The minimum atomic E-state index is -0.141. The van der Waals surface area contributed by atoms with Gasteiger partial charge in [-0.3, -0.25) is 5.41 Å². The van der Waals surface area contributed by atoms with E-state index in [2.05, 4.69) is 19.0 Å². The largest absolute Gasteiger partial charge is 0.388 e. The molecule has 1 rings (SSSR count). The second-order valence-corrected chi connectivity index (χ2v) is 4.22. The Kier molecular flexibility index (Phi) is 5.29. The van der Waals surface area contributed by atoms with Crippen LogP contribution in [0.2, 0.25) is 0 Å². The number of nitrogens with zero attached hydrogens (tertiary/aromatic N) is 1. The first kappa shape index (κ1) is 13.6. The highest BCUT2D eigenvalue weighted by Gasteiger charge is 2.36. The van der Waals surface area contributed by atoms with Crippen molar-refractivity contribution in [2.75, 3.05) is 0 Å². The molecule has 0 aromatic heterocycles. The summed E-state index contributed by atoms with van der Waals surface area (Å²) in [6, 6.07) is 0. The monoisotopic (exact) mass is 237 g/mol. The van der Waals surface area contributed by atoms with Crippen LogP contribution in [-0.2, 0) is 4.84 Å². The Morgan fingerprint density at radius 1 is 1.64 bits per heavy atom. The number of thioether (sulfide) groups is 1. The fourth-order valence-corrected chi connectivity index (χ4v) is 1.96. The number of halogens is 1. The molecule has 14 heavy (non-hydrogen) atoms. The molecule has 0 aromatic rings. The maximum atomic E-state index is 7.11. The van der Waals surface area contributed by atoms with E-state index in [9.17, 15) is 0 Å². The number of rotatable bonds is 2. The molecule has 1 aliphatic heterocycles. The van der Waals surface area contributed by atoms with Gasteiger partial charge < -0.3 is 10.6 Å². The third kappa shape index (κ3) is 3.06. The van der Waals surface area contributed by atoms with E-state index in [0.29, 0.717) is 0 Å². The van der Waals surface area contributed by atoms with Gasteiger partial charge in [0.25, 0.3) is 0 Å². The van der Waals surface area contributed by atoms with Crippen molar-refractivity contribution in [2.24, 2.45) is 10.9 Å². The van der Waals surface area contributed by atoms with Crippen LogP contribution >= 0.6 is 24.2 Å². The number of oxime groups is 1. The molecule has 0 aliphatic carbocycles. The summed E-state index contributed by atoms with van der Waals surface area (Å²) >= 11 is 1.18. The fourth-order valence-electron chi connectivity index (χ4n) is 1.30. The topological polar surface area (TPSA) is 71.5 Å². The van der Waals surface area contributed by atoms with Crippen LogP contribution in [0.1, 0.15) is 33.1 Å². The molecular formula is C8H16ClN3OS. The van der Waals surface area contributed by atoms with Crippen molar-refractivity contribution < 1.29 is 4.84 Å². The predicted octanol–water partition coefficient (Wildman–Crippen LogP) is 2.33. The molecule has 0 saturated heterocycles. The molecule has 6 heteroatoms. The Labute approximate surface area is 94.6 Å². The van der Waals surface area contributed by atoms with Gasteiger partial charge in [-0.1, -0.05) is 19.0 Å². The van der Waals surface area contributed by atoms with Gasteiger partial charge in [0.15, 0.2) is 5.17 Å². The van der Waals surface area contributed by atoms with E-state index in [1.807, 2.05) is 0 Å². The van der Waals surface area contributed by atoms with Crippen LogP contribution in [-0.4, -0.2) is 15.8 Å². The quantitative estimate of drug-likeness (QED) is 0.572. The van der Waals surface area contributed by atoms with Crippen LogP contribution in [0, 0.1) is 5.41 Å². The van der Waals surface area contributed by atoms with Crippen molar-refractivity contribution in [2.45, 2.75) is 38.7 Å². The van der Waals surface area contributed by atoms with E-state index in [-0.39, 0.29) is 23.2 Å². The summed E-state index contributed by atoms with van der Waals surface area (Å²) in [6.45, 7) is 4.17. The fraction of sp³-hybridized carbons (Fsp3) is 0.750. The van der Waals surface area contributed by atoms with Gasteiger partial charge in [-0.25, -0.2) is 0 Å². The van der Waals surface area contributed by atoms with Gasteiger partial charge in [-0.05, 0) is 24.6 Å². The van der Waals surface area contributed by atoms with Crippen LogP contribution < -0.4 is 5.73 Å². The van der Waals surface area contributed by atoms with E-state index >= 15 is 0 Å². The Bertz CT molecular complexity index is 241. The Morgan fingerprint density at radius 2 is 2.21 bits per heavy atom. The van der Waals surface area contributed by atoms with Crippen LogP contribution in [0.3, 0.4) is 0 Å². The zero-order valence-electron chi connectivity index (χ0n) is 8.37. The van der Waals surface area contributed by atoms with Crippen molar-refractivity contribution in [1.29, 1.82) is 5.41 Å². The highest BCUT2D eigenvalue weighted by atomic mass is 35.5. The van der Waals surface area contributed by atoms with Crippen LogP contribution in [0.4, 0.5) is 0 Å². The van der Waals surface area contributed by atoms with Crippen LogP contribution in [0.25, 0.3) is 0 Å². The molecule has 3 N–H and O–H groups in total. The van der Waals surface area contributed by atoms with Crippen molar-refractivity contribution in [3.05, 3.63) is 0 Å². The van der Waals surface area contributed by atoms with Crippen molar-refractivity contribution >= 4 is 34.4 Å². The molecule has 1 heterocycles. The molecular weight excluding hydrogens is 222 g/mol. The summed E-state index contributed by atoms with van der Waals surface area (Å²) in [5, 5.41) is 11.9. The SMILES string of the molecule is CCC1(CC)CC(SC(=N)N)=NO1.Cl. The number of nitrogens with one attached hydrogen (secondary N) is 1. The number of nitrogens with two attached hydrogens (primary N) is 1. The van der Waals surface area contributed by atoms with Crippen molar-refractivity contribution in [3.8, 4) is 0 Å². The maximum absolute atomic E-state index is 7.11. The Morgan fingerprint density at radius 3 is 2.57 bits per heavy atom. The summed E-state index contributed by atoms with van der Waals surface area (Å²) in [5.41, 5.74) is 5.11. The number of amidine groups is 1. The van der Waals surface area contributed by atoms with E-state index in [0.717, 1.165) is 24.3 Å². The van der Waals surface area contributed by atoms with Crippen LogP contribution in [0.5, 0.6) is 0 Å². The second-order valence-electron chi connectivity index (χ2n) is 3.11. The van der Waals surface area contributed by atoms with Crippen molar-refractivity contribution in [1.82, 2.24) is 0 Å². The minimum absolute atomic E-state index is 0. The van der Waals surface area contributed by atoms with Gasteiger partial charge in [-0.2, -0.15) is 0 Å². The first-order chi connectivity index (χ1) is 6.12. The lowest BCUT2D eigenvalue weighted by atomic mass is 9.95. The number of hydrogen-bond donors (Lipinski definition) is 2. The second kappa shape index (κ2) is 5.46. The van der Waals surface area contributed by atoms with E-state index < -0.39 is 0 Å². The zero-order chi connectivity index (χ0) is 9.90. The smallest absolute Gasteiger partial charge is 0.157 e. The molecule has 0 saturated carbocycles. The molecule has 0 bridgehead atoms. The van der Waals surface area contributed by atoms with Gasteiger partial charge in [0, 0.05) is 6.42 Å². The van der Waals surface area contributed by atoms with E-state index in [1.165, 1.54) is 11.8 Å². The maximum Gasteiger partial charge on any atom is 0.157 e. The summed E-state index contributed by atoms with van der Waals surface area (Å²) in [6.07, 6.45) is 2.66. The molecule has 0 spiro atoms. The summed E-state index contributed by atoms with van der Waals surface area (Å²) in [7, 11) is 0. The first-order valence-corrected chi connectivity index (χ1v) is 5.20. The van der Waals surface area contributed by atoms with Crippen LogP contribution in [0.15, 0.2) is 5.16 Å². The van der Waals surface area contributed by atoms with Gasteiger partial charge in [0.2, 0.25) is 0 Å². The standard InChI is InChI=1S/C8H15N3OS.ClH/c1-3-8(4-2)5-6(11-12-8)13-7(9)10;/h3-5H2,1-2H3,(H3,9,10);1H. The lowest BCUT2D eigenvalue weighted by Crippen LogP contribution is -2.26. The summed E-state index contributed by atoms with van der Waals surface area (Å²) < 4.78 is 0. The summed E-state index contributed by atoms with van der Waals surface area (Å²) in [5.74, 6) is 0. The third-order valence-corrected chi connectivity index (χ3v) is 3.01. The minimum Gasteiger partial charge on any atom is -0.388 e. The molecule has 82 valence electrons. The zero-order valence-corrected chi connectivity index (χ0v) is 10.0. The third-order valence-electron chi connectivity index (χ3n) is 2.33. The molecule has 4 nitrogen and oxygen atoms in total. The molecule has 0 aromatic carbocycles. The normalized spacial score (nSPS) is 18.0. The van der Waals surface area contributed by atoms with Gasteiger partial charge >= 0.3 is 0 Å². The first-order valence-electron chi connectivity index (χ1n) is 4.39. The molecule has 1 aliphatic rings. The van der Waals surface area contributed by atoms with Gasteiger partial charge in [0.05, 0.1) is 0 Å². The molecule has 0 atom stereocenters. The molecule has 0 fully saturated rings. The lowest BCUT2D eigenvalue weighted by Gasteiger charge is -2.22. The average molecular weight is 238 g/mol. The molecule has 0 radical (unpaired) electrons. The molecule has 0 amide bonds. The lowest BCUT2D eigenvalue weighted by molar-refractivity contribution is -0.0243.